The molecule has 0 bridgehead atoms. The number of nitriles is 1. The van der Waals surface area contributed by atoms with Crippen molar-refractivity contribution in [2.24, 2.45) is 52.7 Å². The predicted octanol–water partition coefficient (Wildman–Crippen LogP) is 6.35. The Labute approximate surface area is 672 Å². The quantitative estimate of drug-likeness (QED) is 0.0249. The number of piperidine rings is 3. The number of carbonyl (C=O) groups excluding carboxylic acids is 11. The van der Waals surface area contributed by atoms with Crippen LogP contribution in [0.3, 0.4) is 0 Å². The molecular formula is C76H90Cl4N20O14. The number of halogens is 4. The fourth-order valence-electron chi connectivity index (χ4n) is 13.4. The highest BCUT2D eigenvalue weighted by Gasteiger charge is 2.38. The Morgan fingerprint density at radius 2 is 0.816 bits per heavy atom. The molecule has 38 heteroatoms. The number of nitrogens with zero attached hydrogens (tertiary/aromatic N) is 5. The average Bonchev–Trinajstić information content (AvgIpc) is 1.68. The monoisotopic (exact) mass is 1650 g/mol. The lowest BCUT2D eigenvalue weighted by Crippen LogP contribution is -2.54. The number of aromatic nitrogens is 8. The number of primary amides is 2. The van der Waals surface area contributed by atoms with Crippen molar-refractivity contribution in [3.05, 3.63) is 117 Å². The van der Waals surface area contributed by atoms with Gasteiger partial charge >= 0.3 is 11.9 Å². The first-order valence-electron chi connectivity index (χ1n) is 37.6. The number of nitrogens with two attached hydrogens (primary N) is 3. The molecule has 9 atom stereocenters. The molecule has 6 fully saturated rings. The molecule has 0 spiro atoms. The highest BCUT2D eigenvalue weighted by Crippen LogP contribution is 2.36. The smallest absolute Gasteiger partial charge is 0.354 e. The van der Waals surface area contributed by atoms with Gasteiger partial charge in [0.25, 0.3) is 11.8 Å². The third-order valence-corrected chi connectivity index (χ3v) is 21.4. The molecule has 3 aliphatic carbocycles. The number of esters is 1. The molecule has 34 nitrogen and oxygen atoms in total. The van der Waals surface area contributed by atoms with E-state index in [4.69, 9.17) is 73.4 Å². The van der Waals surface area contributed by atoms with E-state index in [9.17, 15) is 62.8 Å². The molecular weight excluding hydrogens is 1560 g/mol. The second-order valence-corrected chi connectivity index (χ2v) is 30.6. The zero-order valence-corrected chi connectivity index (χ0v) is 65.2. The standard InChI is InChI=1S/C22H27ClN6O4.C22H25ClN6O3.C14H24N4O3.C10H9ClN2O2.C8H5ClN2O2/c23-14-9-25-10-18-13(14)8-17(27-18)22(33)29-16(6-11-3-4-11)21(32)28-15(19(24)30)7-12-2-1-5-26-20(12)31;23-16-10-25-11-19-15(16)8-18(28-19)22(32)29-17(6-12-3-4-12)21(31)27-14(9-24)7-13-2-1-5-26-20(13)30;15-10(6-8-3-4-8)14(21)18-11(12(16)19)7-9-2-1-5-17-13(9)20;1-2-15-10(14)8-3-6-7(11)4-12-5-9(6)13-8;9-5-2-10-3-7-4(5)1-6(11-7)8(12)13/h8-12,15-16,27H,1-7H2,(H2,24,30)(H,26,31)(H,28,32)(H,29,33);8,10-14,17,28H,1-7H2,(H,26,30)(H,27,31)(H,29,32);8-11H,1-7,15H2,(H2,16,19)(H,17,20)(H,18,21);3-5,13H,2H2,1H3;1-3,11H,(H,12,13)/t12-,15-,16-;13-,14-,17-;9-,10-,11-;;/m000../s1. The van der Waals surface area contributed by atoms with Gasteiger partial charge in [0.1, 0.15) is 53.0 Å². The summed E-state index contributed by atoms with van der Waals surface area (Å²) in [5.74, 6) is -4.93. The third kappa shape index (κ3) is 24.3. The van der Waals surface area contributed by atoms with Gasteiger partial charge < -0.3 is 89.5 Å². The maximum atomic E-state index is 13.1. The van der Waals surface area contributed by atoms with E-state index >= 15 is 0 Å². The summed E-state index contributed by atoms with van der Waals surface area (Å²) in [6.45, 7) is 4.02. The maximum absolute atomic E-state index is 13.1. The molecule has 11 heterocycles. The number of fused-ring (bicyclic) bond motifs is 4. The fourth-order valence-corrected chi connectivity index (χ4v) is 14.2. The van der Waals surface area contributed by atoms with Crippen LogP contribution in [0, 0.1) is 46.8 Å². The van der Waals surface area contributed by atoms with Crippen molar-refractivity contribution < 1.29 is 67.4 Å². The lowest BCUT2D eigenvalue weighted by atomic mass is 9.91. The van der Waals surface area contributed by atoms with Gasteiger partial charge in [0.2, 0.25) is 47.3 Å². The van der Waals surface area contributed by atoms with Gasteiger partial charge in [-0.1, -0.05) is 84.9 Å². The number of carboxylic acid groups (broad SMARTS) is 1. The van der Waals surface area contributed by atoms with Crippen LogP contribution in [-0.4, -0.2) is 178 Å². The number of nitrogens with one attached hydrogen (secondary N) is 12. The number of H-pyrrole nitrogens is 4. The predicted molar refractivity (Wildman–Crippen MR) is 421 cm³/mol. The molecule has 3 saturated heterocycles. The van der Waals surface area contributed by atoms with Crippen LogP contribution in [0.1, 0.15) is 164 Å². The van der Waals surface area contributed by atoms with Gasteiger partial charge in [0.15, 0.2) is 0 Å². The van der Waals surface area contributed by atoms with Crippen LogP contribution < -0.4 is 59.7 Å². The molecule has 3 saturated carbocycles. The first-order valence-corrected chi connectivity index (χ1v) is 39.1. The summed E-state index contributed by atoms with van der Waals surface area (Å²) in [6, 6.07) is 3.61. The molecule has 3 aliphatic heterocycles. The van der Waals surface area contributed by atoms with Crippen LogP contribution >= 0.6 is 46.4 Å². The first-order chi connectivity index (χ1) is 54.6. The molecule has 0 radical (unpaired) electrons. The summed E-state index contributed by atoms with van der Waals surface area (Å²) in [4.78, 5) is 172. The van der Waals surface area contributed by atoms with Crippen molar-refractivity contribution in [2.45, 2.75) is 159 Å². The zero-order valence-electron chi connectivity index (χ0n) is 62.1. The Kier molecular flexibility index (Phi) is 30.1. The number of ether oxygens (including phenoxy) is 1. The number of carbonyl (C=O) groups is 12. The van der Waals surface area contributed by atoms with Gasteiger partial charge in [-0.15, -0.1) is 0 Å². The summed E-state index contributed by atoms with van der Waals surface area (Å²) in [7, 11) is 0. The average molecular weight is 1650 g/mol. The summed E-state index contributed by atoms with van der Waals surface area (Å²) in [5, 5.41) is 44.6. The molecule has 0 aromatic carbocycles. The largest absolute Gasteiger partial charge is 0.477 e. The summed E-state index contributed by atoms with van der Waals surface area (Å²) < 4.78 is 4.86. The molecule has 606 valence electrons. The normalized spacial score (nSPS) is 18.6. The van der Waals surface area contributed by atoms with Crippen LogP contribution in [-0.2, 0) is 43.1 Å². The molecule has 0 unspecified atom stereocenters. The number of pyridine rings is 4. The Hall–Kier alpha value is -11.0. The van der Waals surface area contributed by atoms with E-state index in [0.717, 1.165) is 68.7 Å². The molecule has 10 amide bonds. The van der Waals surface area contributed by atoms with Crippen LogP contribution in [0.5, 0.6) is 0 Å². The minimum Gasteiger partial charge on any atom is -0.477 e. The van der Waals surface area contributed by atoms with Gasteiger partial charge in [-0.25, -0.2) is 9.59 Å². The molecule has 114 heavy (non-hydrogen) atoms. The minimum absolute atomic E-state index is 0.0796. The van der Waals surface area contributed by atoms with Crippen LogP contribution in [0.25, 0.3) is 43.6 Å². The molecule has 8 aromatic rings. The van der Waals surface area contributed by atoms with Crippen molar-refractivity contribution in [1.82, 2.24) is 82.4 Å². The van der Waals surface area contributed by atoms with E-state index in [1.54, 1.807) is 43.7 Å². The van der Waals surface area contributed by atoms with E-state index < -0.39 is 83.6 Å². The highest BCUT2D eigenvalue weighted by atomic mass is 35.5. The van der Waals surface area contributed by atoms with Gasteiger partial charge in [-0.05, 0) is 126 Å². The Morgan fingerprint density at radius 1 is 0.474 bits per heavy atom. The summed E-state index contributed by atoms with van der Waals surface area (Å²) in [6.07, 6.45) is 25.3. The van der Waals surface area contributed by atoms with Crippen LogP contribution in [0.15, 0.2) is 73.8 Å². The van der Waals surface area contributed by atoms with Gasteiger partial charge in [0.05, 0.1) is 85.7 Å². The lowest BCUT2D eigenvalue weighted by molar-refractivity contribution is -0.131. The van der Waals surface area contributed by atoms with Crippen molar-refractivity contribution in [3.63, 3.8) is 0 Å². The van der Waals surface area contributed by atoms with Gasteiger partial charge in [-0.2, -0.15) is 5.26 Å². The van der Waals surface area contributed by atoms with Crippen LogP contribution in [0.2, 0.25) is 20.1 Å². The van der Waals surface area contributed by atoms with Crippen molar-refractivity contribution in [1.29, 1.82) is 5.26 Å². The number of aromatic carboxylic acids is 1. The number of aromatic amines is 4. The number of carboxylic acids is 1. The molecule has 8 aromatic heterocycles. The van der Waals surface area contributed by atoms with E-state index in [1.165, 1.54) is 37.1 Å². The maximum Gasteiger partial charge on any atom is 0.354 e. The highest BCUT2D eigenvalue weighted by molar-refractivity contribution is 6.37. The molecule has 14 rings (SSSR count). The first kappa shape index (κ1) is 85.4. The number of amides is 10. The van der Waals surface area contributed by atoms with Crippen molar-refractivity contribution in [3.8, 4) is 6.07 Å². The van der Waals surface area contributed by atoms with E-state index in [-0.39, 0.29) is 77.8 Å². The van der Waals surface area contributed by atoms with Gasteiger partial charge in [0, 0.05) is 83.7 Å². The summed E-state index contributed by atoms with van der Waals surface area (Å²) in [5.41, 5.74) is 20.3. The summed E-state index contributed by atoms with van der Waals surface area (Å²) >= 11 is 24.0. The zero-order chi connectivity index (χ0) is 81.9. The molecule has 19 N–H and O–H groups in total. The van der Waals surface area contributed by atoms with E-state index in [1.807, 2.05) is 0 Å². The minimum atomic E-state index is -1.01. The number of hydrogen-bond acceptors (Lipinski definition) is 19. The van der Waals surface area contributed by atoms with Crippen molar-refractivity contribution >= 4 is 161 Å². The Balaban J connectivity index is 0.000000157. The van der Waals surface area contributed by atoms with Crippen molar-refractivity contribution in [2.75, 3.05) is 26.2 Å². The lowest BCUT2D eigenvalue weighted by Gasteiger charge is -2.27. The second-order valence-electron chi connectivity index (χ2n) is 29.0. The topological polar surface area (TPSA) is 547 Å². The molecule has 6 aliphatic rings. The van der Waals surface area contributed by atoms with E-state index in [0.29, 0.717) is 141 Å². The SMILES string of the molecule is CCOC(=O)c1cc2c(Cl)cncc2[nH]1.N#C[C@H](C[C@@H]1CCCNC1=O)NC(=O)[C@H](CC1CC1)NC(=O)c1cc2c(Cl)cncc2[nH]1.NC(=O)[C@H](C[C@@H]1CCCNC1=O)NC(=O)[C@@H](N)CC1CC1.NC(=O)[C@H](C[C@@H]1CCCNC1=O)NC(=O)[C@H](CC1CC1)NC(=O)c1cc2c(Cl)cncc2[nH]1.O=C(O)c1cc2c(Cl)cncc2[nH]1. The van der Waals surface area contributed by atoms with Crippen LogP contribution in [0.4, 0.5) is 0 Å². The van der Waals surface area contributed by atoms with Gasteiger partial charge in [-0.3, -0.25) is 67.9 Å². The Bertz CT molecular complexity index is 4910. The Morgan fingerprint density at radius 3 is 1.17 bits per heavy atom. The second kappa shape index (κ2) is 40.1. The fraction of sp³-hybridized carbons (Fsp3) is 0.461. The van der Waals surface area contributed by atoms with E-state index in [2.05, 4.69) is 88.5 Å². The number of hydrogen-bond donors (Lipinski definition) is 16. The number of rotatable bonds is 27. The third-order valence-electron chi connectivity index (χ3n) is 20.2.